The first-order valence-corrected chi connectivity index (χ1v) is 11.2. The Morgan fingerprint density at radius 1 is 1.00 bits per heavy atom. The second-order valence-corrected chi connectivity index (χ2v) is 8.25. The molecule has 2 aliphatic rings. The van der Waals surface area contributed by atoms with Gasteiger partial charge in [0.25, 0.3) is 11.7 Å². The molecule has 3 heterocycles. The van der Waals surface area contributed by atoms with Gasteiger partial charge in [0.15, 0.2) is 11.5 Å². The summed E-state index contributed by atoms with van der Waals surface area (Å²) < 4.78 is 15.9. The molecule has 2 aromatic carbocycles. The third kappa shape index (κ3) is 4.15. The van der Waals surface area contributed by atoms with E-state index < -0.39 is 23.7 Å². The zero-order valence-electron chi connectivity index (χ0n) is 19.3. The Labute approximate surface area is 206 Å². The van der Waals surface area contributed by atoms with Gasteiger partial charge in [-0.2, -0.15) is 0 Å². The lowest BCUT2D eigenvalue weighted by Gasteiger charge is -2.25. The molecule has 5 rings (SSSR count). The van der Waals surface area contributed by atoms with Crippen LogP contribution >= 0.6 is 0 Å². The van der Waals surface area contributed by atoms with E-state index in [1.165, 1.54) is 12.0 Å². The minimum atomic E-state index is -0.891. The largest absolute Gasteiger partial charge is 0.507 e. The molecule has 1 amide bonds. The van der Waals surface area contributed by atoms with Crippen LogP contribution in [-0.2, 0) is 20.9 Å². The SMILES string of the molecule is COC(=O)c1ccc([C@H]2/C(=C(\O)c3ccc4c(c3)OCCO4)C(=O)C(=O)N2Cc2ccncc2)cc1. The predicted octanol–water partition coefficient (Wildman–Crippen LogP) is 3.26. The number of benzene rings is 2. The van der Waals surface area contributed by atoms with Crippen LogP contribution in [-0.4, -0.2) is 53.0 Å². The second kappa shape index (κ2) is 9.53. The fourth-order valence-corrected chi connectivity index (χ4v) is 4.34. The number of aliphatic hydroxyl groups is 1. The fraction of sp³-hybridized carbons (Fsp3) is 0.185. The van der Waals surface area contributed by atoms with Crippen LogP contribution in [0.3, 0.4) is 0 Å². The summed E-state index contributed by atoms with van der Waals surface area (Å²) in [6, 6.07) is 13.8. The molecule has 2 aliphatic heterocycles. The van der Waals surface area contributed by atoms with Crippen molar-refractivity contribution in [1.82, 2.24) is 9.88 Å². The lowest BCUT2D eigenvalue weighted by Crippen LogP contribution is -2.29. The number of hydrogen-bond donors (Lipinski definition) is 1. The monoisotopic (exact) mass is 486 g/mol. The summed E-state index contributed by atoms with van der Waals surface area (Å²) in [7, 11) is 1.28. The minimum Gasteiger partial charge on any atom is -0.507 e. The summed E-state index contributed by atoms with van der Waals surface area (Å²) in [5.41, 5.74) is 1.89. The molecule has 182 valence electrons. The molecule has 0 saturated carbocycles. The number of aromatic nitrogens is 1. The molecule has 0 spiro atoms. The van der Waals surface area contributed by atoms with Crippen LogP contribution in [0.4, 0.5) is 0 Å². The minimum absolute atomic E-state index is 0.0587. The molecule has 1 saturated heterocycles. The van der Waals surface area contributed by atoms with E-state index in [1.807, 2.05) is 0 Å². The van der Waals surface area contributed by atoms with Gasteiger partial charge in [-0.05, 0) is 53.6 Å². The Hall–Kier alpha value is -4.66. The van der Waals surface area contributed by atoms with Gasteiger partial charge >= 0.3 is 5.97 Å². The Morgan fingerprint density at radius 2 is 1.67 bits per heavy atom. The Bertz CT molecular complexity index is 1370. The first-order chi connectivity index (χ1) is 17.5. The smallest absolute Gasteiger partial charge is 0.337 e. The van der Waals surface area contributed by atoms with Gasteiger partial charge in [0.2, 0.25) is 0 Å². The highest BCUT2D eigenvalue weighted by molar-refractivity contribution is 6.46. The molecule has 9 nitrogen and oxygen atoms in total. The number of ether oxygens (including phenoxy) is 3. The summed E-state index contributed by atoms with van der Waals surface area (Å²) >= 11 is 0. The number of Topliss-reactive ketones (excluding diaryl/α,β-unsaturated/α-hetero) is 1. The quantitative estimate of drug-likeness (QED) is 0.253. The van der Waals surface area contributed by atoms with Gasteiger partial charge in [-0.3, -0.25) is 14.6 Å². The van der Waals surface area contributed by atoms with Crippen molar-refractivity contribution in [3.05, 3.63) is 94.8 Å². The molecule has 0 bridgehead atoms. The standard InChI is InChI=1S/C27H22N2O7/c1-34-27(33)18-4-2-17(3-5-18)23-22(24(30)19-6-7-20-21(14-19)36-13-12-35-20)25(31)26(32)29(23)15-16-8-10-28-11-9-16/h2-11,14,23,30H,12-13,15H2,1H3/b24-22+/t23-/m0/s1. The topological polar surface area (TPSA) is 115 Å². The number of amides is 1. The van der Waals surface area contributed by atoms with Gasteiger partial charge in [0.05, 0.1) is 24.3 Å². The molecule has 0 unspecified atom stereocenters. The van der Waals surface area contributed by atoms with E-state index in [4.69, 9.17) is 14.2 Å². The van der Waals surface area contributed by atoms with E-state index in [2.05, 4.69) is 4.98 Å². The van der Waals surface area contributed by atoms with Crippen LogP contribution in [0.5, 0.6) is 11.5 Å². The number of hydrogen-bond acceptors (Lipinski definition) is 8. The van der Waals surface area contributed by atoms with E-state index in [1.54, 1.807) is 67.0 Å². The van der Waals surface area contributed by atoms with Crippen molar-refractivity contribution in [2.75, 3.05) is 20.3 Å². The Kier molecular flexibility index (Phi) is 6.12. The first-order valence-electron chi connectivity index (χ1n) is 11.2. The van der Waals surface area contributed by atoms with Crippen molar-refractivity contribution in [3.63, 3.8) is 0 Å². The maximum Gasteiger partial charge on any atom is 0.337 e. The third-order valence-corrected chi connectivity index (χ3v) is 6.11. The van der Waals surface area contributed by atoms with E-state index >= 15 is 0 Å². The zero-order valence-corrected chi connectivity index (χ0v) is 19.3. The third-order valence-electron chi connectivity index (χ3n) is 6.11. The van der Waals surface area contributed by atoms with Gasteiger partial charge in [0.1, 0.15) is 19.0 Å². The van der Waals surface area contributed by atoms with Gasteiger partial charge in [-0.1, -0.05) is 12.1 Å². The van der Waals surface area contributed by atoms with Crippen LogP contribution < -0.4 is 9.47 Å². The van der Waals surface area contributed by atoms with E-state index in [0.29, 0.717) is 41.4 Å². The lowest BCUT2D eigenvalue weighted by molar-refractivity contribution is -0.140. The van der Waals surface area contributed by atoms with Crippen molar-refractivity contribution in [1.29, 1.82) is 0 Å². The number of esters is 1. The maximum atomic E-state index is 13.3. The highest BCUT2D eigenvalue weighted by Gasteiger charge is 2.46. The van der Waals surface area contributed by atoms with Crippen LogP contribution in [0.25, 0.3) is 5.76 Å². The highest BCUT2D eigenvalue weighted by atomic mass is 16.6. The maximum absolute atomic E-state index is 13.3. The summed E-state index contributed by atoms with van der Waals surface area (Å²) in [6.45, 7) is 0.897. The van der Waals surface area contributed by atoms with Crippen molar-refractivity contribution >= 4 is 23.4 Å². The van der Waals surface area contributed by atoms with Crippen LogP contribution in [0.1, 0.15) is 33.1 Å². The van der Waals surface area contributed by atoms with E-state index in [-0.39, 0.29) is 17.9 Å². The van der Waals surface area contributed by atoms with Crippen LogP contribution in [0, 0.1) is 0 Å². The molecule has 1 atom stereocenters. The van der Waals surface area contributed by atoms with Gasteiger partial charge in [0, 0.05) is 24.5 Å². The number of nitrogens with zero attached hydrogens (tertiary/aromatic N) is 2. The molecule has 3 aromatic rings. The molecule has 9 heteroatoms. The zero-order chi connectivity index (χ0) is 25.2. The van der Waals surface area contributed by atoms with Crippen molar-refractivity contribution in [2.24, 2.45) is 0 Å². The molecule has 1 N–H and O–H groups in total. The molecule has 36 heavy (non-hydrogen) atoms. The van der Waals surface area contributed by atoms with E-state index in [0.717, 1.165) is 5.56 Å². The Morgan fingerprint density at radius 3 is 2.36 bits per heavy atom. The molecule has 1 aromatic heterocycles. The molecule has 0 aliphatic carbocycles. The number of likely N-dealkylation sites (tertiary alicyclic amines) is 1. The number of pyridine rings is 1. The number of methoxy groups -OCH3 is 1. The molecular formula is C27H22N2O7. The Balaban J connectivity index is 1.62. The van der Waals surface area contributed by atoms with Crippen LogP contribution in [0.2, 0.25) is 0 Å². The predicted molar refractivity (Wildman–Crippen MR) is 127 cm³/mol. The van der Waals surface area contributed by atoms with Crippen molar-refractivity contribution in [2.45, 2.75) is 12.6 Å². The number of carbonyl (C=O) groups is 3. The summed E-state index contributed by atoms with van der Waals surface area (Å²) in [5, 5.41) is 11.3. The summed E-state index contributed by atoms with van der Waals surface area (Å²) in [4.78, 5) is 43.8. The second-order valence-electron chi connectivity index (χ2n) is 8.25. The van der Waals surface area contributed by atoms with Gasteiger partial charge in [-0.25, -0.2) is 4.79 Å². The van der Waals surface area contributed by atoms with Crippen LogP contribution in [0.15, 0.2) is 72.6 Å². The molecule has 1 fully saturated rings. The first kappa shape index (κ1) is 23.1. The van der Waals surface area contributed by atoms with Gasteiger partial charge in [-0.15, -0.1) is 0 Å². The highest BCUT2D eigenvalue weighted by Crippen LogP contribution is 2.41. The fourth-order valence-electron chi connectivity index (χ4n) is 4.34. The summed E-state index contributed by atoms with van der Waals surface area (Å²) in [5.74, 6) is -1.42. The summed E-state index contributed by atoms with van der Waals surface area (Å²) in [6.07, 6.45) is 3.20. The van der Waals surface area contributed by atoms with Gasteiger partial charge < -0.3 is 24.2 Å². The normalized spacial score (nSPS) is 18.2. The number of aliphatic hydroxyl groups excluding tert-OH is 1. The molecular weight excluding hydrogens is 464 g/mol. The number of ketones is 1. The van der Waals surface area contributed by atoms with E-state index in [9.17, 15) is 19.5 Å². The number of rotatable bonds is 5. The number of carbonyl (C=O) groups excluding carboxylic acids is 3. The lowest BCUT2D eigenvalue weighted by atomic mass is 9.94. The van der Waals surface area contributed by atoms with Crippen molar-refractivity contribution < 1.29 is 33.7 Å². The average molecular weight is 486 g/mol. The van der Waals surface area contributed by atoms with Crippen molar-refractivity contribution in [3.8, 4) is 11.5 Å². The molecule has 0 radical (unpaired) electrons. The average Bonchev–Trinajstić information content (AvgIpc) is 3.17. The number of fused-ring (bicyclic) bond motifs is 1.